The summed E-state index contributed by atoms with van der Waals surface area (Å²) in [6, 6.07) is 0.962. The molecule has 0 radical (unpaired) electrons. The fourth-order valence-electron chi connectivity index (χ4n) is 1.66. The third-order valence-electron chi connectivity index (χ3n) is 2.42. The standard InChI is InChI=1S/C10H11F6NS/c1-5-3-4-6(18-5)7(17-2)8(9(11,12)13)10(14,15)16/h3-4,7-8,17H,1-2H3. The molecule has 0 saturated heterocycles. The summed E-state index contributed by atoms with van der Waals surface area (Å²) in [5.41, 5.74) is 0. The minimum atomic E-state index is -5.34. The first-order valence-electron chi connectivity index (χ1n) is 4.94. The zero-order valence-electron chi connectivity index (χ0n) is 9.49. The van der Waals surface area contributed by atoms with Crippen molar-refractivity contribution in [1.29, 1.82) is 0 Å². The van der Waals surface area contributed by atoms with Gasteiger partial charge in [-0.1, -0.05) is 0 Å². The lowest BCUT2D eigenvalue weighted by Crippen LogP contribution is -2.44. The number of alkyl halides is 6. The van der Waals surface area contributed by atoms with Crippen LogP contribution in [0.15, 0.2) is 12.1 Å². The molecule has 0 spiro atoms. The van der Waals surface area contributed by atoms with Crippen molar-refractivity contribution in [3.63, 3.8) is 0 Å². The normalized spacial score (nSPS) is 15.2. The lowest BCUT2D eigenvalue weighted by atomic mass is 9.97. The van der Waals surface area contributed by atoms with E-state index in [2.05, 4.69) is 5.32 Å². The van der Waals surface area contributed by atoms with Gasteiger partial charge in [0.15, 0.2) is 5.92 Å². The number of aryl methyl sites for hydroxylation is 1. The molecule has 8 heteroatoms. The van der Waals surface area contributed by atoms with Crippen molar-refractivity contribution in [1.82, 2.24) is 5.32 Å². The van der Waals surface area contributed by atoms with Crippen LogP contribution in [0.2, 0.25) is 0 Å². The molecule has 1 atom stereocenters. The van der Waals surface area contributed by atoms with E-state index in [1.54, 1.807) is 6.92 Å². The van der Waals surface area contributed by atoms with Crippen LogP contribution in [0.1, 0.15) is 15.8 Å². The van der Waals surface area contributed by atoms with Crippen molar-refractivity contribution in [2.75, 3.05) is 7.05 Å². The van der Waals surface area contributed by atoms with Crippen LogP contribution in [0.25, 0.3) is 0 Å². The maximum Gasteiger partial charge on any atom is 0.402 e. The monoisotopic (exact) mass is 291 g/mol. The first-order valence-corrected chi connectivity index (χ1v) is 5.76. The largest absolute Gasteiger partial charge is 0.402 e. The van der Waals surface area contributed by atoms with Gasteiger partial charge in [0.2, 0.25) is 0 Å². The van der Waals surface area contributed by atoms with Gasteiger partial charge in [-0.15, -0.1) is 11.3 Å². The maximum atomic E-state index is 12.6. The Labute approximate surface area is 104 Å². The van der Waals surface area contributed by atoms with Crippen molar-refractivity contribution >= 4 is 11.3 Å². The molecular weight excluding hydrogens is 280 g/mol. The highest BCUT2D eigenvalue weighted by molar-refractivity contribution is 7.12. The molecule has 1 aromatic heterocycles. The molecule has 0 bridgehead atoms. The number of nitrogens with one attached hydrogen (secondary N) is 1. The van der Waals surface area contributed by atoms with Crippen LogP contribution in [0, 0.1) is 12.8 Å². The van der Waals surface area contributed by atoms with Crippen LogP contribution in [0.5, 0.6) is 0 Å². The van der Waals surface area contributed by atoms with Gasteiger partial charge in [-0.3, -0.25) is 0 Å². The Morgan fingerprint density at radius 1 is 1.06 bits per heavy atom. The van der Waals surface area contributed by atoms with Crippen molar-refractivity contribution in [3.05, 3.63) is 21.9 Å². The van der Waals surface area contributed by atoms with E-state index in [1.165, 1.54) is 12.1 Å². The van der Waals surface area contributed by atoms with Crippen LogP contribution < -0.4 is 5.32 Å². The number of hydrogen-bond donors (Lipinski definition) is 1. The van der Waals surface area contributed by atoms with Gasteiger partial charge in [0.1, 0.15) is 0 Å². The summed E-state index contributed by atoms with van der Waals surface area (Å²) in [6.07, 6.45) is -10.7. The van der Waals surface area contributed by atoms with Crippen molar-refractivity contribution in [2.45, 2.75) is 25.3 Å². The molecule has 0 amide bonds. The van der Waals surface area contributed by atoms with Gasteiger partial charge >= 0.3 is 12.4 Å². The Hall–Kier alpha value is -0.760. The van der Waals surface area contributed by atoms with Crippen LogP contribution in [-0.2, 0) is 0 Å². The Bertz CT molecular complexity index is 380. The van der Waals surface area contributed by atoms with Crippen molar-refractivity contribution in [3.8, 4) is 0 Å². The second-order valence-corrected chi connectivity index (χ2v) is 5.10. The number of rotatable bonds is 3. The molecule has 1 unspecified atom stereocenters. The lowest BCUT2D eigenvalue weighted by Gasteiger charge is -2.29. The van der Waals surface area contributed by atoms with E-state index in [1.807, 2.05) is 0 Å². The molecule has 1 N–H and O–H groups in total. The van der Waals surface area contributed by atoms with E-state index in [9.17, 15) is 26.3 Å². The Balaban J connectivity index is 3.18. The first kappa shape index (κ1) is 15.3. The van der Waals surface area contributed by atoms with E-state index in [0.717, 1.165) is 18.4 Å². The Morgan fingerprint density at radius 2 is 1.56 bits per heavy atom. The zero-order valence-corrected chi connectivity index (χ0v) is 10.3. The summed E-state index contributed by atoms with van der Waals surface area (Å²) < 4.78 is 75.5. The Morgan fingerprint density at radius 3 is 1.83 bits per heavy atom. The van der Waals surface area contributed by atoms with E-state index in [0.29, 0.717) is 4.88 Å². The van der Waals surface area contributed by atoms with Gasteiger partial charge in [0.25, 0.3) is 0 Å². The van der Waals surface area contributed by atoms with Gasteiger partial charge in [-0.2, -0.15) is 26.3 Å². The minimum absolute atomic E-state index is 0.0228. The third-order valence-corrected chi connectivity index (χ3v) is 3.50. The molecule has 1 aromatic rings. The number of halogens is 6. The molecule has 1 nitrogen and oxygen atoms in total. The summed E-state index contributed by atoms with van der Waals surface area (Å²) in [7, 11) is 1.09. The van der Waals surface area contributed by atoms with Gasteiger partial charge in [0, 0.05) is 9.75 Å². The predicted octanol–water partition coefficient (Wildman–Crippen LogP) is 4.06. The fourth-order valence-corrected chi connectivity index (χ4v) is 2.68. The topological polar surface area (TPSA) is 12.0 Å². The molecule has 0 aliphatic rings. The fraction of sp³-hybridized carbons (Fsp3) is 0.600. The molecule has 1 rings (SSSR count). The summed E-state index contributed by atoms with van der Waals surface area (Å²) in [5, 5.41) is 2.12. The highest BCUT2D eigenvalue weighted by Crippen LogP contribution is 2.47. The van der Waals surface area contributed by atoms with Crippen molar-refractivity contribution < 1.29 is 26.3 Å². The van der Waals surface area contributed by atoms with Crippen LogP contribution in [0.4, 0.5) is 26.3 Å². The highest BCUT2D eigenvalue weighted by Gasteiger charge is 2.60. The van der Waals surface area contributed by atoms with Gasteiger partial charge < -0.3 is 5.32 Å². The SMILES string of the molecule is CNC(c1ccc(C)s1)C(C(F)(F)F)C(F)(F)F. The van der Waals surface area contributed by atoms with Gasteiger partial charge in [-0.25, -0.2) is 0 Å². The van der Waals surface area contributed by atoms with Crippen LogP contribution >= 0.6 is 11.3 Å². The minimum Gasteiger partial charge on any atom is -0.312 e. The number of hydrogen-bond acceptors (Lipinski definition) is 2. The van der Waals surface area contributed by atoms with E-state index in [-0.39, 0.29) is 4.88 Å². The molecule has 18 heavy (non-hydrogen) atoms. The van der Waals surface area contributed by atoms with Crippen LogP contribution in [0.3, 0.4) is 0 Å². The average molecular weight is 291 g/mol. The zero-order chi connectivity index (χ0) is 14.1. The lowest BCUT2D eigenvalue weighted by molar-refractivity contribution is -0.292. The van der Waals surface area contributed by atoms with E-state index >= 15 is 0 Å². The molecule has 0 saturated carbocycles. The molecule has 104 valence electrons. The number of thiophene rings is 1. The second-order valence-electron chi connectivity index (χ2n) is 3.78. The molecule has 0 aromatic carbocycles. The first-order chi connectivity index (χ1) is 8.07. The third kappa shape index (κ3) is 3.38. The van der Waals surface area contributed by atoms with Crippen LogP contribution in [-0.4, -0.2) is 19.4 Å². The maximum absolute atomic E-state index is 12.6. The summed E-state index contributed by atoms with van der Waals surface area (Å²) in [6.45, 7) is 1.62. The molecular formula is C10H11F6NS. The summed E-state index contributed by atoms with van der Waals surface area (Å²) >= 11 is 0.918. The van der Waals surface area contributed by atoms with E-state index < -0.39 is 24.3 Å². The second kappa shape index (κ2) is 5.08. The van der Waals surface area contributed by atoms with Crippen molar-refractivity contribution in [2.24, 2.45) is 5.92 Å². The molecule has 0 aliphatic heterocycles. The smallest absolute Gasteiger partial charge is 0.312 e. The van der Waals surface area contributed by atoms with Gasteiger partial charge in [0.05, 0.1) is 6.04 Å². The quantitative estimate of drug-likeness (QED) is 0.828. The summed E-state index contributed by atoms with van der Waals surface area (Å²) in [4.78, 5) is 0.683. The molecule has 1 heterocycles. The average Bonchev–Trinajstić information content (AvgIpc) is 2.56. The Kier molecular flexibility index (Phi) is 4.32. The van der Waals surface area contributed by atoms with E-state index in [4.69, 9.17) is 0 Å². The van der Waals surface area contributed by atoms with Gasteiger partial charge in [-0.05, 0) is 26.1 Å². The predicted molar refractivity (Wildman–Crippen MR) is 56.5 cm³/mol. The molecule has 0 fully saturated rings. The highest BCUT2D eigenvalue weighted by atomic mass is 32.1. The molecule has 0 aliphatic carbocycles. The summed E-state index contributed by atoms with van der Waals surface area (Å²) in [5.74, 6) is -3.41.